The van der Waals surface area contributed by atoms with Crippen LogP contribution in [0.15, 0.2) is 30.5 Å². The van der Waals surface area contributed by atoms with Gasteiger partial charge in [-0.05, 0) is 50.7 Å². The number of carboxylic acid groups (broad SMARTS) is 1. The summed E-state index contributed by atoms with van der Waals surface area (Å²) in [6, 6.07) is 7.89. The SMILES string of the molecule is CCN(CC)CCC(C)Oc1ccc(-c2ncc(CNC(=O)O)s2)cc1. The predicted molar refractivity (Wildman–Crippen MR) is 105 cm³/mol. The minimum absolute atomic E-state index is 0.162. The molecule has 2 aromatic rings. The lowest BCUT2D eigenvalue weighted by atomic mass is 10.2. The van der Waals surface area contributed by atoms with Gasteiger partial charge in [0.15, 0.2) is 0 Å². The van der Waals surface area contributed by atoms with E-state index in [1.54, 1.807) is 6.20 Å². The number of amides is 1. The number of nitrogens with zero attached hydrogens (tertiary/aromatic N) is 2. The molecule has 1 aromatic carbocycles. The van der Waals surface area contributed by atoms with Crippen LogP contribution in [0.2, 0.25) is 0 Å². The lowest BCUT2D eigenvalue weighted by Gasteiger charge is -2.21. The van der Waals surface area contributed by atoms with Gasteiger partial charge in [0, 0.05) is 23.2 Å². The molecule has 0 aliphatic heterocycles. The van der Waals surface area contributed by atoms with E-state index in [1.165, 1.54) is 11.3 Å². The van der Waals surface area contributed by atoms with Crippen LogP contribution in [0.1, 0.15) is 32.1 Å². The van der Waals surface area contributed by atoms with Crippen molar-refractivity contribution in [2.24, 2.45) is 0 Å². The van der Waals surface area contributed by atoms with Gasteiger partial charge in [-0.25, -0.2) is 9.78 Å². The monoisotopic (exact) mass is 377 g/mol. The summed E-state index contributed by atoms with van der Waals surface area (Å²) in [6.07, 6.45) is 1.83. The first kappa shape index (κ1) is 20.2. The lowest BCUT2D eigenvalue weighted by molar-refractivity contribution is 0.181. The summed E-state index contributed by atoms with van der Waals surface area (Å²) >= 11 is 1.48. The Morgan fingerprint density at radius 2 is 2.00 bits per heavy atom. The van der Waals surface area contributed by atoms with Gasteiger partial charge >= 0.3 is 6.09 Å². The molecule has 2 N–H and O–H groups in total. The highest BCUT2D eigenvalue weighted by atomic mass is 32.1. The van der Waals surface area contributed by atoms with Crippen molar-refractivity contribution in [3.05, 3.63) is 35.3 Å². The average Bonchev–Trinajstić information content (AvgIpc) is 3.10. The Balaban J connectivity index is 1.88. The molecule has 0 radical (unpaired) electrons. The van der Waals surface area contributed by atoms with Gasteiger partial charge in [-0.3, -0.25) is 0 Å². The fourth-order valence-corrected chi connectivity index (χ4v) is 3.41. The molecule has 7 heteroatoms. The Bertz CT molecular complexity index is 684. The number of aromatic nitrogens is 1. The third-order valence-corrected chi connectivity index (χ3v) is 5.20. The standard InChI is InChI=1S/C19H27N3O3S/c1-4-22(5-2)11-10-14(3)25-16-8-6-15(7-9-16)18-20-12-17(26-18)13-21-19(23)24/h6-9,12,14,21H,4-5,10-11,13H2,1-3H3,(H,23,24). The summed E-state index contributed by atoms with van der Waals surface area (Å²) in [6.45, 7) is 9.90. The molecule has 0 bridgehead atoms. The molecule has 0 aliphatic carbocycles. The Morgan fingerprint density at radius 1 is 1.31 bits per heavy atom. The summed E-state index contributed by atoms with van der Waals surface area (Å²) in [5.74, 6) is 0.852. The molecule has 0 saturated heterocycles. The lowest BCUT2D eigenvalue weighted by Crippen LogP contribution is -2.27. The third kappa shape index (κ3) is 6.31. The molecular formula is C19H27N3O3S. The van der Waals surface area contributed by atoms with Crippen LogP contribution in [0.25, 0.3) is 10.6 Å². The van der Waals surface area contributed by atoms with Crippen molar-refractivity contribution in [2.75, 3.05) is 19.6 Å². The number of hydrogen-bond donors (Lipinski definition) is 2. The van der Waals surface area contributed by atoms with Crippen LogP contribution in [-0.2, 0) is 6.54 Å². The Morgan fingerprint density at radius 3 is 2.62 bits per heavy atom. The fourth-order valence-electron chi connectivity index (χ4n) is 2.56. The maximum atomic E-state index is 10.5. The van der Waals surface area contributed by atoms with E-state index in [-0.39, 0.29) is 12.6 Å². The van der Waals surface area contributed by atoms with Gasteiger partial charge in [-0.2, -0.15) is 0 Å². The van der Waals surface area contributed by atoms with E-state index in [2.05, 4.69) is 36.0 Å². The first-order chi connectivity index (χ1) is 12.5. The van der Waals surface area contributed by atoms with Gasteiger partial charge in [-0.1, -0.05) is 13.8 Å². The molecule has 1 unspecified atom stereocenters. The molecule has 0 spiro atoms. The zero-order valence-corrected chi connectivity index (χ0v) is 16.4. The van der Waals surface area contributed by atoms with Crippen molar-refractivity contribution < 1.29 is 14.6 Å². The molecule has 1 atom stereocenters. The second-order valence-electron chi connectivity index (χ2n) is 6.06. The zero-order chi connectivity index (χ0) is 18.9. The number of carbonyl (C=O) groups is 1. The van der Waals surface area contributed by atoms with Crippen LogP contribution in [0.5, 0.6) is 5.75 Å². The van der Waals surface area contributed by atoms with Crippen molar-refractivity contribution in [3.63, 3.8) is 0 Å². The van der Waals surface area contributed by atoms with E-state index in [9.17, 15) is 4.79 Å². The fraction of sp³-hybridized carbons (Fsp3) is 0.474. The highest BCUT2D eigenvalue weighted by Gasteiger charge is 2.09. The number of ether oxygens (including phenoxy) is 1. The highest BCUT2D eigenvalue weighted by Crippen LogP contribution is 2.27. The van der Waals surface area contributed by atoms with E-state index in [4.69, 9.17) is 9.84 Å². The maximum Gasteiger partial charge on any atom is 0.404 e. The minimum Gasteiger partial charge on any atom is -0.491 e. The predicted octanol–water partition coefficient (Wildman–Crippen LogP) is 4.08. The van der Waals surface area contributed by atoms with Gasteiger partial charge in [0.25, 0.3) is 0 Å². The van der Waals surface area contributed by atoms with Gasteiger partial charge in [-0.15, -0.1) is 11.3 Å². The molecule has 142 valence electrons. The number of benzene rings is 1. The topological polar surface area (TPSA) is 74.7 Å². The number of hydrogen-bond acceptors (Lipinski definition) is 5. The van der Waals surface area contributed by atoms with Crippen LogP contribution < -0.4 is 10.1 Å². The average molecular weight is 378 g/mol. The quantitative estimate of drug-likeness (QED) is 0.653. The van der Waals surface area contributed by atoms with E-state index in [1.807, 2.05) is 24.3 Å². The van der Waals surface area contributed by atoms with Crippen molar-refractivity contribution in [2.45, 2.75) is 39.8 Å². The maximum absolute atomic E-state index is 10.5. The van der Waals surface area contributed by atoms with E-state index in [0.717, 1.165) is 47.3 Å². The number of rotatable bonds is 10. The molecule has 0 aliphatic rings. The Labute approximate surface area is 158 Å². The largest absolute Gasteiger partial charge is 0.491 e. The molecule has 0 fully saturated rings. The van der Waals surface area contributed by atoms with Crippen molar-refractivity contribution in [1.82, 2.24) is 15.2 Å². The van der Waals surface area contributed by atoms with Crippen LogP contribution >= 0.6 is 11.3 Å². The van der Waals surface area contributed by atoms with E-state index >= 15 is 0 Å². The molecule has 0 saturated carbocycles. The van der Waals surface area contributed by atoms with Crippen LogP contribution in [0.3, 0.4) is 0 Å². The molecule has 26 heavy (non-hydrogen) atoms. The van der Waals surface area contributed by atoms with Gasteiger partial charge in [0.1, 0.15) is 10.8 Å². The summed E-state index contributed by atoms with van der Waals surface area (Å²) in [5, 5.41) is 11.9. The molecule has 2 rings (SSSR count). The van der Waals surface area contributed by atoms with Crippen molar-refractivity contribution >= 4 is 17.4 Å². The molecule has 1 aromatic heterocycles. The third-order valence-electron chi connectivity index (χ3n) is 4.15. The van der Waals surface area contributed by atoms with Gasteiger partial charge < -0.3 is 20.1 Å². The number of nitrogens with one attached hydrogen (secondary N) is 1. The highest BCUT2D eigenvalue weighted by molar-refractivity contribution is 7.15. The van der Waals surface area contributed by atoms with Crippen LogP contribution in [0, 0.1) is 0 Å². The van der Waals surface area contributed by atoms with Crippen molar-refractivity contribution in [3.8, 4) is 16.3 Å². The summed E-state index contributed by atoms with van der Waals surface area (Å²) in [4.78, 5) is 18.2. The Kier molecular flexibility index (Phi) is 7.87. The molecular weight excluding hydrogens is 350 g/mol. The second kappa shape index (κ2) is 10.1. The minimum atomic E-state index is -1.03. The molecule has 6 nitrogen and oxygen atoms in total. The van der Waals surface area contributed by atoms with Crippen LogP contribution in [-0.4, -0.2) is 46.8 Å². The second-order valence-corrected chi connectivity index (χ2v) is 7.17. The van der Waals surface area contributed by atoms with E-state index in [0.29, 0.717) is 0 Å². The van der Waals surface area contributed by atoms with Gasteiger partial charge in [0.05, 0.1) is 12.6 Å². The summed E-state index contributed by atoms with van der Waals surface area (Å²) < 4.78 is 6.00. The summed E-state index contributed by atoms with van der Waals surface area (Å²) in [5.41, 5.74) is 1.000. The van der Waals surface area contributed by atoms with Crippen molar-refractivity contribution in [1.29, 1.82) is 0 Å². The zero-order valence-electron chi connectivity index (χ0n) is 15.6. The van der Waals surface area contributed by atoms with Crippen LogP contribution in [0.4, 0.5) is 4.79 Å². The first-order valence-corrected chi connectivity index (χ1v) is 9.74. The molecule has 1 amide bonds. The first-order valence-electron chi connectivity index (χ1n) is 8.92. The molecule has 1 heterocycles. The Hall–Kier alpha value is -2.12. The van der Waals surface area contributed by atoms with E-state index < -0.39 is 6.09 Å². The smallest absolute Gasteiger partial charge is 0.404 e. The summed E-state index contributed by atoms with van der Waals surface area (Å²) in [7, 11) is 0. The van der Waals surface area contributed by atoms with Gasteiger partial charge in [0.2, 0.25) is 0 Å². The normalized spacial score (nSPS) is 12.2. The number of thiazole rings is 1.